The number of nitrogens with zero attached hydrogens (tertiary/aromatic N) is 2. The molecule has 0 amide bonds. The Morgan fingerprint density at radius 3 is 2.45 bits per heavy atom. The summed E-state index contributed by atoms with van der Waals surface area (Å²) in [5, 5.41) is 0. The maximum Gasteiger partial charge on any atom is 0.245 e. The van der Waals surface area contributed by atoms with Gasteiger partial charge in [0.05, 0.1) is 7.05 Å². The van der Waals surface area contributed by atoms with Crippen LogP contribution < -0.4 is 4.57 Å². The molecule has 3 heteroatoms. The topological polar surface area (TPSA) is 18.0 Å². The zero-order valence-electron chi connectivity index (χ0n) is 7.53. The third kappa shape index (κ3) is 1.60. The molecule has 0 saturated carbocycles. The van der Waals surface area contributed by atoms with Crippen LogP contribution in [0, 0.1) is 0 Å². The van der Waals surface area contributed by atoms with E-state index in [1.54, 1.807) is 7.11 Å². The molecule has 0 aliphatic rings. The molecule has 0 atom stereocenters. The van der Waals surface area contributed by atoms with Gasteiger partial charge in [0.2, 0.25) is 12.1 Å². The fraction of sp³-hybridized carbons (Fsp3) is 0.625. The first-order valence-corrected chi connectivity index (χ1v) is 3.65. The molecule has 1 heterocycles. The van der Waals surface area contributed by atoms with Crippen LogP contribution in [0.15, 0.2) is 18.7 Å². The molecule has 1 aromatic rings. The fourth-order valence-electron chi connectivity index (χ4n) is 0.874. The fourth-order valence-corrected chi connectivity index (χ4v) is 0.874. The van der Waals surface area contributed by atoms with Gasteiger partial charge in [-0.05, 0) is 0 Å². The Bertz CT molecular complexity index is 240. The minimum absolute atomic E-state index is 0.249. The van der Waals surface area contributed by atoms with Crippen molar-refractivity contribution < 1.29 is 9.30 Å². The molecule has 0 aliphatic heterocycles. The number of rotatable bonds is 2. The summed E-state index contributed by atoms with van der Waals surface area (Å²) >= 11 is 0. The first kappa shape index (κ1) is 8.27. The number of imidazole rings is 1. The van der Waals surface area contributed by atoms with Crippen molar-refractivity contribution in [1.82, 2.24) is 4.57 Å². The molecule has 62 valence electrons. The third-order valence-corrected chi connectivity index (χ3v) is 1.89. The molecule has 0 N–H and O–H groups in total. The molecule has 0 fully saturated rings. The van der Waals surface area contributed by atoms with Crippen molar-refractivity contribution in [2.75, 3.05) is 7.11 Å². The number of hydrogen-bond acceptors (Lipinski definition) is 1. The van der Waals surface area contributed by atoms with Crippen molar-refractivity contribution in [1.29, 1.82) is 0 Å². The molecular formula is C8H15N2O+. The Morgan fingerprint density at radius 1 is 1.45 bits per heavy atom. The average molecular weight is 155 g/mol. The van der Waals surface area contributed by atoms with Crippen molar-refractivity contribution >= 4 is 0 Å². The Balaban J connectivity index is 2.92. The van der Waals surface area contributed by atoms with Gasteiger partial charge in [0, 0.05) is 21.0 Å². The summed E-state index contributed by atoms with van der Waals surface area (Å²) in [7, 11) is 3.70. The lowest BCUT2D eigenvalue weighted by Crippen LogP contribution is -2.30. The highest BCUT2D eigenvalue weighted by atomic mass is 16.5. The molecule has 0 aliphatic carbocycles. The van der Waals surface area contributed by atoms with Crippen LogP contribution in [0.25, 0.3) is 0 Å². The van der Waals surface area contributed by atoms with E-state index in [0.717, 1.165) is 0 Å². The molecule has 0 aromatic carbocycles. The Hall–Kier alpha value is -0.830. The van der Waals surface area contributed by atoms with Gasteiger partial charge in [-0.15, -0.1) is 0 Å². The Kier molecular flexibility index (Phi) is 2.00. The number of ether oxygens (including phenoxy) is 1. The van der Waals surface area contributed by atoms with E-state index in [9.17, 15) is 0 Å². The molecule has 1 rings (SSSR count). The SMILES string of the molecule is COC(C)(C)n1cc[n+](C)c1. The highest BCUT2D eigenvalue weighted by Gasteiger charge is 2.23. The number of hydrogen-bond donors (Lipinski definition) is 0. The van der Waals surface area contributed by atoms with Crippen LogP contribution in [0.2, 0.25) is 0 Å². The van der Waals surface area contributed by atoms with Gasteiger partial charge >= 0.3 is 0 Å². The van der Waals surface area contributed by atoms with Gasteiger partial charge in [-0.2, -0.15) is 0 Å². The van der Waals surface area contributed by atoms with Gasteiger partial charge in [0.15, 0.2) is 0 Å². The second-order valence-electron chi connectivity index (χ2n) is 3.14. The van der Waals surface area contributed by atoms with Crippen LogP contribution in [-0.2, 0) is 17.5 Å². The molecule has 0 saturated heterocycles. The van der Waals surface area contributed by atoms with Crippen molar-refractivity contribution in [3.63, 3.8) is 0 Å². The first-order valence-electron chi connectivity index (χ1n) is 3.65. The van der Waals surface area contributed by atoms with Gasteiger partial charge in [0.25, 0.3) is 0 Å². The second-order valence-corrected chi connectivity index (χ2v) is 3.14. The molecule has 0 bridgehead atoms. The lowest BCUT2D eigenvalue weighted by atomic mass is 10.3. The van der Waals surface area contributed by atoms with E-state index < -0.39 is 0 Å². The Labute approximate surface area is 67.2 Å². The first-order chi connectivity index (χ1) is 5.06. The second kappa shape index (κ2) is 2.66. The summed E-state index contributed by atoms with van der Waals surface area (Å²) in [5.41, 5.74) is -0.249. The number of aromatic nitrogens is 2. The minimum atomic E-state index is -0.249. The molecule has 11 heavy (non-hydrogen) atoms. The Morgan fingerprint density at radius 2 is 2.09 bits per heavy atom. The van der Waals surface area contributed by atoms with Gasteiger partial charge in [-0.1, -0.05) is 0 Å². The monoisotopic (exact) mass is 155 g/mol. The minimum Gasteiger partial charge on any atom is -0.341 e. The van der Waals surface area contributed by atoms with Gasteiger partial charge < -0.3 is 4.74 Å². The highest BCUT2D eigenvalue weighted by molar-refractivity contribution is 4.74. The van der Waals surface area contributed by atoms with E-state index in [2.05, 4.69) is 0 Å². The zero-order valence-corrected chi connectivity index (χ0v) is 7.53. The normalized spacial score (nSPS) is 12.0. The summed E-state index contributed by atoms with van der Waals surface area (Å²) < 4.78 is 9.29. The largest absolute Gasteiger partial charge is 0.341 e. The highest BCUT2D eigenvalue weighted by Crippen LogP contribution is 2.13. The maximum absolute atomic E-state index is 5.29. The summed E-state index contributed by atoms with van der Waals surface area (Å²) in [6.07, 6.45) is 5.97. The van der Waals surface area contributed by atoms with Crippen molar-refractivity contribution in [2.24, 2.45) is 7.05 Å². The molecular weight excluding hydrogens is 140 g/mol. The van der Waals surface area contributed by atoms with Crippen molar-refractivity contribution in [3.05, 3.63) is 18.7 Å². The van der Waals surface area contributed by atoms with E-state index in [0.29, 0.717) is 0 Å². The zero-order chi connectivity index (χ0) is 8.48. The van der Waals surface area contributed by atoms with Crippen LogP contribution in [0.1, 0.15) is 13.8 Å². The predicted octanol–water partition coefficient (Wildman–Crippen LogP) is 0.652. The van der Waals surface area contributed by atoms with Crippen molar-refractivity contribution in [3.8, 4) is 0 Å². The smallest absolute Gasteiger partial charge is 0.245 e. The van der Waals surface area contributed by atoms with Crippen LogP contribution in [0.5, 0.6) is 0 Å². The van der Waals surface area contributed by atoms with Gasteiger partial charge in [0.1, 0.15) is 12.4 Å². The molecule has 0 unspecified atom stereocenters. The lowest BCUT2D eigenvalue weighted by Gasteiger charge is -2.18. The number of aryl methyl sites for hydroxylation is 1. The van der Waals surface area contributed by atoms with E-state index in [4.69, 9.17) is 4.74 Å². The standard InChI is InChI=1S/C8H15N2O/c1-8(2,11-4)10-6-5-9(3)7-10/h5-7H,1-4H3/q+1. The quantitative estimate of drug-likeness (QED) is 0.573. The van der Waals surface area contributed by atoms with Crippen LogP contribution in [-0.4, -0.2) is 11.7 Å². The average Bonchev–Trinajstić information content (AvgIpc) is 2.36. The molecule has 3 nitrogen and oxygen atoms in total. The van der Waals surface area contributed by atoms with Crippen molar-refractivity contribution in [2.45, 2.75) is 19.6 Å². The third-order valence-electron chi connectivity index (χ3n) is 1.89. The van der Waals surface area contributed by atoms with E-state index in [1.165, 1.54) is 0 Å². The molecule has 0 radical (unpaired) electrons. The lowest BCUT2D eigenvalue weighted by molar-refractivity contribution is -0.671. The van der Waals surface area contributed by atoms with Crippen LogP contribution >= 0.6 is 0 Å². The van der Waals surface area contributed by atoms with E-state index in [1.807, 2.05) is 48.8 Å². The summed E-state index contributed by atoms with van der Waals surface area (Å²) in [5.74, 6) is 0. The van der Waals surface area contributed by atoms with E-state index >= 15 is 0 Å². The maximum atomic E-state index is 5.29. The van der Waals surface area contributed by atoms with Crippen LogP contribution in [0.4, 0.5) is 0 Å². The summed E-state index contributed by atoms with van der Waals surface area (Å²) in [4.78, 5) is 0. The van der Waals surface area contributed by atoms with Crippen LogP contribution in [0.3, 0.4) is 0 Å². The number of methoxy groups -OCH3 is 1. The molecule has 0 spiro atoms. The summed E-state index contributed by atoms with van der Waals surface area (Å²) in [6, 6.07) is 0. The predicted molar refractivity (Wildman–Crippen MR) is 41.9 cm³/mol. The molecule has 1 aromatic heterocycles. The van der Waals surface area contributed by atoms with Gasteiger partial charge in [-0.25, -0.2) is 9.13 Å². The summed E-state index contributed by atoms with van der Waals surface area (Å²) in [6.45, 7) is 4.04. The van der Waals surface area contributed by atoms with E-state index in [-0.39, 0.29) is 5.72 Å². The van der Waals surface area contributed by atoms with Gasteiger partial charge in [-0.3, -0.25) is 0 Å².